The summed E-state index contributed by atoms with van der Waals surface area (Å²) in [5.41, 5.74) is 11.1. The lowest BCUT2D eigenvalue weighted by Crippen LogP contribution is -2.23. The van der Waals surface area contributed by atoms with E-state index in [1.165, 1.54) is 36.0 Å². The molecular weight excluding hydrogens is 314 g/mol. The van der Waals surface area contributed by atoms with Gasteiger partial charge in [0.05, 0.1) is 0 Å². The lowest BCUT2D eigenvalue weighted by molar-refractivity contribution is 0.300. The molecule has 2 aromatic carbocycles. The third-order valence-corrected chi connectivity index (χ3v) is 6.00. The number of rotatable bonds is 2. The van der Waals surface area contributed by atoms with Crippen molar-refractivity contribution in [3.05, 3.63) is 76.3 Å². The Labute approximate surface area is 149 Å². The zero-order valence-electron chi connectivity index (χ0n) is 13.9. The van der Waals surface area contributed by atoms with Crippen molar-refractivity contribution in [1.82, 2.24) is 0 Å². The third-order valence-electron chi connectivity index (χ3n) is 5.77. The van der Waals surface area contributed by atoms with Gasteiger partial charge in [0.25, 0.3) is 0 Å². The van der Waals surface area contributed by atoms with Gasteiger partial charge >= 0.3 is 0 Å². The second kappa shape index (κ2) is 6.64. The van der Waals surface area contributed by atoms with E-state index in [9.17, 15) is 0 Å². The Hall–Kier alpha value is -1.73. The van der Waals surface area contributed by atoms with Crippen molar-refractivity contribution in [2.24, 2.45) is 11.8 Å². The van der Waals surface area contributed by atoms with E-state index in [1.807, 2.05) is 6.07 Å². The van der Waals surface area contributed by atoms with Gasteiger partial charge in [-0.05, 0) is 90.8 Å². The molecule has 4 rings (SSSR count). The van der Waals surface area contributed by atoms with Crippen LogP contribution in [0, 0.1) is 11.8 Å². The molecule has 124 valence electrons. The molecule has 0 bridgehead atoms. The summed E-state index contributed by atoms with van der Waals surface area (Å²) < 4.78 is 0. The first-order valence-electron chi connectivity index (χ1n) is 9.00. The lowest BCUT2D eigenvalue weighted by Gasteiger charge is -2.33. The van der Waals surface area contributed by atoms with Crippen molar-refractivity contribution in [3.8, 4) is 0 Å². The molecule has 2 N–H and O–H groups in total. The van der Waals surface area contributed by atoms with E-state index in [0.717, 1.165) is 29.5 Å². The second-order valence-electron chi connectivity index (χ2n) is 7.28. The lowest BCUT2D eigenvalue weighted by atomic mass is 9.72. The smallest absolute Gasteiger partial charge is 0.0408 e. The fourth-order valence-electron chi connectivity index (χ4n) is 4.63. The van der Waals surface area contributed by atoms with Crippen LogP contribution in [-0.2, 0) is 12.8 Å². The Morgan fingerprint density at radius 2 is 2.00 bits per heavy atom. The molecule has 3 atom stereocenters. The number of allylic oxidation sites excluding steroid dienone is 2. The SMILES string of the molecule is Nc1cccc(CC2c3ccc(Cl)cc3CCC3CCC=CC32)c1. The summed E-state index contributed by atoms with van der Waals surface area (Å²) in [7, 11) is 0. The summed E-state index contributed by atoms with van der Waals surface area (Å²) in [5.74, 6) is 1.93. The van der Waals surface area contributed by atoms with Gasteiger partial charge in [0.1, 0.15) is 0 Å². The van der Waals surface area contributed by atoms with E-state index >= 15 is 0 Å². The number of benzene rings is 2. The number of anilines is 1. The molecule has 2 heteroatoms. The molecule has 0 spiro atoms. The van der Waals surface area contributed by atoms with Crippen molar-refractivity contribution >= 4 is 17.3 Å². The second-order valence-corrected chi connectivity index (χ2v) is 7.72. The van der Waals surface area contributed by atoms with Crippen LogP contribution in [0.2, 0.25) is 5.02 Å². The molecule has 2 aliphatic carbocycles. The number of aryl methyl sites for hydroxylation is 1. The fourth-order valence-corrected chi connectivity index (χ4v) is 4.83. The molecule has 2 aromatic rings. The molecule has 2 aliphatic rings. The molecule has 0 aliphatic heterocycles. The first kappa shape index (κ1) is 15.8. The Morgan fingerprint density at radius 1 is 1.08 bits per heavy atom. The third kappa shape index (κ3) is 3.10. The Balaban J connectivity index is 1.76. The van der Waals surface area contributed by atoms with Gasteiger partial charge in [0, 0.05) is 10.7 Å². The highest BCUT2D eigenvalue weighted by Gasteiger charge is 2.34. The van der Waals surface area contributed by atoms with Crippen LogP contribution in [0.1, 0.15) is 41.9 Å². The monoisotopic (exact) mass is 337 g/mol. The van der Waals surface area contributed by atoms with Gasteiger partial charge in [-0.25, -0.2) is 0 Å². The fraction of sp³-hybridized carbons (Fsp3) is 0.364. The summed E-state index contributed by atoms with van der Waals surface area (Å²) in [5, 5.41) is 0.858. The van der Waals surface area contributed by atoms with Crippen molar-refractivity contribution in [2.75, 3.05) is 5.73 Å². The number of hydrogen-bond donors (Lipinski definition) is 1. The highest BCUT2D eigenvalue weighted by Crippen LogP contribution is 2.45. The van der Waals surface area contributed by atoms with Gasteiger partial charge in [0.2, 0.25) is 0 Å². The van der Waals surface area contributed by atoms with E-state index in [0.29, 0.717) is 11.8 Å². The van der Waals surface area contributed by atoms with Crippen LogP contribution in [0.15, 0.2) is 54.6 Å². The maximum atomic E-state index is 6.28. The van der Waals surface area contributed by atoms with Crippen molar-refractivity contribution < 1.29 is 0 Å². The van der Waals surface area contributed by atoms with Gasteiger partial charge in [-0.1, -0.05) is 42.0 Å². The minimum atomic E-state index is 0.517. The number of nitrogens with two attached hydrogens (primary N) is 1. The average molecular weight is 338 g/mol. The highest BCUT2D eigenvalue weighted by atomic mass is 35.5. The molecule has 0 amide bonds. The maximum Gasteiger partial charge on any atom is 0.0408 e. The zero-order chi connectivity index (χ0) is 16.5. The molecule has 0 aromatic heterocycles. The Morgan fingerprint density at radius 3 is 2.88 bits per heavy atom. The van der Waals surface area contributed by atoms with Gasteiger partial charge in [-0.15, -0.1) is 0 Å². The van der Waals surface area contributed by atoms with E-state index in [1.54, 1.807) is 0 Å². The molecule has 1 nitrogen and oxygen atoms in total. The predicted molar refractivity (Wildman–Crippen MR) is 102 cm³/mol. The van der Waals surface area contributed by atoms with E-state index in [2.05, 4.69) is 48.6 Å². The average Bonchev–Trinajstić information content (AvgIpc) is 2.73. The van der Waals surface area contributed by atoms with Gasteiger partial charge < -0.3 is 5.73 Å². The molecule has 24 heavy (non-hydrogen) atoms. The number of hydrogen-bond acceptors (Lipinski definition) is 1. The minimum Gasteiger partial charge on any atom is -0.399 e. The predicted octanol–water partition coefficient (Wildman–Crippen LogP) is 5.78. The van der Waals surface area contributed by atoms with Crippen molar-refractivity contribution in [3.63, 3.8) is 0 Å². The quantitative estimate of drug-likeness (QED) is 0.545. The van der Waals surface area contributed by atoms with Crippen LogP contribution in [-0.4, -0.2) is 0 Å². The highest BCUT2D eigenvalue weighted by molar-refractivity contribution is 6.30. The molecule has 0 fully saturated rings. The van der Waals surface area contributed by atoms with Gasteiger partial charge in [-0.3, -0.25) is 0 Å². The summed E-state index contributed by atoms with van der Waals surface area (Å²) >= 11 is 6.28. The van der Waals surface area contributed by atoms with Crippen LogP contribution < -0.4 is 5.73 Å². The largest absolute Gasteiger partial charge is 0.399 e. The number of nitrogen functional groups attached to an aromatic ring is 1. The van der Waals surface area contributed by atoms with Crippen LogP contribution >= 0.6 is 11.6 Å². The van der Waals surface area contributed by atoms with Crippen LogP contribution in [0.3, 0.4) is 0 Å². The standard InChI is InChI=1S/C22H24ClN/c23-18-10-11-21-17(14-18)9-8-16-5-1-2-7-20(16)22(21)13-15-4-3-6-19(24)12-15/h2-4,6-7,10-12,14,16,20,22H,1,5,8-9,13,24H2. The first-order chi connectivity index (χ1) is 11.7. The molecule has 0 saturated carbocycles. The molecule has 3 unspecified atom stereocenters. The van der Waals surface area contributed by atoms with Crippen molar-refractivity contribution in [2.45, 2.75) is 38.0 Å². The Bertz CT molecular complexity index is 764. The van der Waals surface area contributed by atoms with E-state index < -0.39 is 0 Å². The van der Waals surface area contributed by atoms with Crippen LogP contribution in [0.4, 0.5) is 5.69 Å². The van der Waals surface area contributed by atoms with E-state index in [-0.39, 0.29) is 0 Å². The van der Waals surface area contributed by atoms with Gasteiger partial charge in [0.15, 0.2) is 0 Å². The summed E-state index contributed by atoms with van der Waals surface area (Å²) in [6.45, 7) is 0. The summed E-state index contributed by atoms with van der Waals surface area (Å²) in [6.07, 6.45) is 10.9. The minimum absolute atomic E-state index is 0.517. The molecular formula is C22H24ClN. The summed E-state index contributed by atoms with van der Waals surface area (Å²) in [6, 6.07) is 14.9. The molecule has 0 radical (unpaired) electrons. The first-order valence-corrected chi connectivity index (χ1v) is 9.38. The van der Waals surface area contributed by atoms with Crippen LogP contribution in [0.25, 0.3) is 0 Å². The van der Waals surface area contributed by atoms with Crippen molar-refractivity contribution in [1.29, 1.82) is 0 Å². The van der Waals surface area contributed by atoms with E-state index in [4.69, 9.17) is 17.3 Å². The molecule has 0 saturated heterocycles. The maximum absolute atomic E-state index is 6.28. The normalized spacial score (nSPS) is 25.6. The Kier molecular flexibility index (Phi) is 4.37. The number of halogens is 1. The number of fused-ring (bicyclic) bond motifs is 2. The van der Waals surface area contributed by atoms with Crippen LogP contribution in [0.5, 0.6) is 0 Å². The van der Waals surface area contributed by atoms with Gasteiger partial charge in [-0.2, -0.15) is 0 Å². The summed E-state index contributed by atoms with van der Waals surface area (Å²) in [4.78, 5) is 0. The zero-order valence-corrected chi connectivity index (χ0v) is 14.7. The topological polar surface area (TPSA) is 26.0 Å². The molecule has 0 heterocycles.